The monoisotopic (exact) mass is 299 g/mol. The van der Waals surface area contributed by atoms with Gasteiger partial charge in [0.2, 0.25) is 0 Å². The molecular formula is H4O6PSiVY. The van der Waals surface area contributed by atoms with Gasteiger partial charge in [0.05, 0.1) is 0 Å². The zero-order valence-electron chi connectivity index (χ0n) is 4.71. The van der Waals surface area contributed by atoms with Crippen LogP contribution in [0.4, 0.5) is 0 Å². The predicted molar refractivity (Wildman–Crippen MR) is 23.0 cm³/mol. The molecule has 0 aliphatic heterocycles. The molecule has 0 bridgehead atoms. The van der Waals surface area contributed by atoms with Crippen molar-refractivity contribution in [1.82, 2.24) is 0 Å². The van der Waals surface area contributed by atoms with Crippen LogP contribution in [0.25, 0.3) is 0 Å². The van der Waals surface area contributed by atoms with E-state index in [-0.39, 0.29) is 32.7 Å². The molecule has 0 heterocycles. The van der Waals surface area contributed by atoms with Gasteiger partial charge in [-0.1, -0.05) is 0 Å². The third-order valence-electron chi connectivity index (χ3n) is 0.331. The van der Waals surface area contributed by atoms with E-state index in [1.165, 1.54) is 0 Å². The van der Waals surface area contributed by atoms with Crippen molar-refractivity contribution in [3.63, 3.8) is 0 Å². The second kappa shape index (κ2) is 6.17. The van der Waals surface area contributed by atoms with Gasteiger partial charge in [-0.15, -0.1) is 0 Å². The van der Waals surface area contributed by atoms with E-state index < -0.39 is 32.0 Å². The molecular weight excluding hydrogens is 295 g/mol. The standard InChI is InChI=1S/H4O4PSi.2O.V.Y/c1-5(2,3)6-4;;;;/h6H2,(H2,1,2,3);;;;/q-1;;;+1;. The van der Waals surface area contributed by atoms with Crippen molar-refractivity contribution in [2.45, 2.75) is 0 Å². The zero-order valence-corrected chi connectivity index (χ0v) is 11.2. The van der Waals surface area contributed by atoms with Crippen LogP contribution < -0.4 is 0 Å². The van der Waals surface area contributed by atoms with Gasteiger partial charge in [-0.25, -0.2) is 0 Å². The predicted octanol–water partition coefficient (Wildman–Crippen LogP) is -1.60. The van der Waals surface area contributed by atoms with E-state index in [1.807, 2.05) is 0 Å². The Morgan fingerprint density at radius 3 is 1.90 bits per heavy atom. The smallest absolute Gasteiger partial charge is 0 e. The Hall–Kier alpha value is 1.62. The van der Waals surface area contributed by atoms with Crippen LogP contribution in [0.15, 0.2) is 0 Å². The minimum absolute atomic E-state index is 0. The molecule has 57 valence electrons. The Bertz CT molecular complexity index is 184. The molecule has 0 aromatic heterocycles. The molecule has 0 aliphatic rings. The van der Waals surface area contributed by atoms with E-state index in [4.69, 9.17) is 9.79 Å². The van der Waals surface area contributed by atoms with Crippen molar-refractivity contribution < 1.29 is 73.2 Å². The van der Waals surface area contributed by atoms with Crippen molar-refractivity contribution in [3.05, 3.63) is 0 Å². The number of hydrogen-bond donors (Lipinski definition) is 2. The minimum Gasteiger partial charge on any atom is 0 e. The van der Waals surface area contributed by atoms with Crippen LogP contribution in [0.1, 0.15) is 0 Å². The summed E-state index contributed by atoms with van der Waals surface area (Å²) < 4.78 is 33.0. The molecule has 0 amide bonds. The summed E-state index contributed by atoms with van der Waals surface area (Å²) in [5, 5.41) is 0. The van der Waals surface area contributed by atoms with Crippen LogP contribution >= 0.6 is 7.14 Å². The Balaban J connectivity index is 0. The second-order valence-corrected chi connectivity index (χ2v) is 8.15. The molecule has 0 saturated carbocycles. The van der Waals surface area contributed by atoms with E-state index in [1.54, 1.807) is 0 Å². The Kier molecular flexibility index (Phi) is 8.73. The van der Waals surface area contributed by atoms with E-state index in [0.717, 1.165) is 0 Å². The topological polar surface area (TPSA) is 101 Å². The van der Waals surface area contributed by atoms with Crippen molar-refractivity contribution >= 4 is 16.6 Å². The molecule has 0 saturated heterocycles. The van der Waals surface area contributed by atoms with Gasteiger partial charge in [0.1, 0.15) is 0 Å². The maximum atomic E-state index is 9.91. The first-order valence-corrected chi connectivity index (χ1v) is 7.72. The SMILES string of the molecule is [O]=[V](=[O])[O][SiH2]P(=O)(O)O.[Y]. The summed E-state index contributed by atoms with van der Waals surface area (Å²) in [5.41, 5.74) is 0. The van der Waals surface area contributed by atoms with E-state index in [2.05, 4.69) is 3.35 Å². The van der Waals surface area contributed by atoms with Crippen LogP contribution in [-0.4, -0.2) is 19.2 Å². The first kappa shape index (κ1) is 14.2. The van der Waals surface area contributed by atoms with Gasteiger partial charge < -0.3 is 0 Å². The van der Waals surface area contributed by atoms with Crippen LogP contribution in [0, 0.1) is 0 Å². The molecule has 1 radical (unpaired) electrons. The average Bonchev–Trinajstić information content (AvgIpc) is 1.59. The maximum Gasteiger partial charge on any atom is 0 e. The van der Waals surface area contributed by atoms with Gasteiger partial charge in [0.25, 0.3) is 0 Å². The van der Waals surface area contributed by atoms with Crippen molar-refractivity contribution in [1.29, 1.82) is 0 Å². The molecule has 0 spiro atoms. The van der Waals surface area contributed by atoms with Crippen molar-refractivity contribution in [3.8, 4) is 0 Å². The Morgan fingerprint density at radius 1 is 1.40 bits per heavy atom. The summed E-state index contributed by atoms with van der Waals surface area (Å²) >= 11 is -3.76. The van der Waals surface area contributed by atoms with Gasteiger partial charge in [-0.3, -0.25) is 0 Å². The summed E-state index contributed by atoms with van der Waals surface area (Å²) in [4.78, 5) is 16.1. The summed E-state index contributed by atoms with van der Waals surface area (Å²) in [5.74, 6) is 0. The molecule has 0 rings (SSSR count). The van der Waals surface area contributed by atoms with Gasteiger partial charge in [0.15, 0.2) is 0 Å². The van der Waals surface area contributed by atoms with Crippen molar-refractivity contribution in [2.75, 3.05) is 0 Å². The van der Waals surface area contributed by atoms with E-state index >= 15 is 0 Å². The zero-order chi connectivity index (χ0) is 7.49. The Morgan fingerprint density at radius 2 is 1.80 bits per heavy atom. The van der Waals surface area contributed by atoms with Crippen LogP contribution in [-0.2, 0) is 63.4 Å². The summed E-state index contributed by atoms with van der Waals surface area (Å²) in [7, 11) is -6.36. The first-order valence-electron chi connectivity index (χ1n) is 1.74. The molecule has 0 unspecified atom stereocenters. The molecule has 0 aliphatic carbocycles. The molecule has 2 N–H and O–H groups in total. The summed E-state index contributed by atoms with van der Waals surface area (Å²) in [6.07, 6.45) is 0. The molecule has 0 aromatic rings. The van der Waals surface area contributed by atoms with Crippen LogP contribution in [0.3, 0.4) is 0 Å². The van der Waals surface area contributed by atoms with Crippen LogP contribution in [0.5, 0.6) is 0 Å². The van der Waals surface area contributed by atoms with E-state index in [9.17, 15) is 11.9 Å². The molecule has 6 nitrogen and oxygen atoms in total. The molecule has 0 aromatic carbocycles. The molecule has 0 fully saturated rings. The molecule has 0 atom stereocenters. The third-order valence-corrected chi connectivity index (χ3v) is 4.96. The summed E-state index contributed by atoms with van der Waals surface area (Å²) in [6.45, 7) is 0. The van der Waals surface area contributed by atoms with Gasteiger partial charge in [-0.2, -0.15) is 0 Å². The fourth-order valence-electron chi connectivity index (χ4n) is 0.122. The van der Waals surface area contributed by atoms with Gasteiger partial charge >= 0.3 is 57.0 Å². The fourth-order valence-corrected chi connectivity index (χ4v) is 4.54. The maximum absolute atomic E-state index is 9.91. The van der Waals surface area contributed by atoms with Crippen LogP contribution in [0.2, 0.25) is 0 Å². The van der Waals surface area contributed by atoms with Gasteiger partial charge in [0, 0.05) is 32.7 Å². The first-order chi connectivity index (χ1) is 3.92. The fraction of sp³-hybridized carbons (Fsp3) is 0. The van der Waals surface area contributed by atoms with Crippen molar-refractivity contribution in [2.24, 2.45) is 0 Å². The summed E-state index contributed by atoms with van der Waals surface area (Å²) in [6, 6.07) is 0. The largest absolute Gasteiger partial charge is 0 e. The second-order valence-electron chi connectivity index (χ2n) is 1.15. The average molecular weight is 299 g/mol. The van der Waals surface area contributed by atoms with E-state index in [0.29, 0.717) is 0 Å². The quantitative estimate of drug-likeness (QED) is 0.481. The third kappa shape index (κ3) is 12.3. The normalized spacial score (nSPS) is 11.4. The van der Waals surface area contributed by atoms with Gasteiger partial charge in [-0.05, 0) is 0 Å². The Labute approximate surface area is 88.9 Å². The molecule has 10 heteroatoms. The minimum atomic E-state index is -4.17. The molecule has 10 heavy (non-hydrogen) atoms. The number of hydrogen-bond acceptors (Lipinski definition) is 4. The number of rotatable bonds is 3.